The normalized spacial score (nSPS) is 23.5. The first kappa shape index (κ1) is 20.1. The zero-order valence-corrected chi connectivity index (χ0v) is 16.8. The van der Waals surface area contributed by atoms with E-state index in [1.165, 1.54) is 12.3 Å². The average Bonchev–Trinajstić information content (AvgIpc) is 3.05. The largest absolute Gasteiger partial charge is 0.527 e. The summed E-state index contributed by atoms with van der Waals surface area (Å²) < 4.78 is 24.3. The van der Waals surface area contributed by atoms with Gasteiger partial charge in [-0.1, -0.05) is 23.7 Å². The Morgan fingerprint density at radius 2 is 2.14 bits per heavy atom. The van der Waals surface area contributed by atoms with Gasteiger partial charge in [0.25, 0.3) is 0 Å². The predicted molar refractivity (Wildman–Crippen MR) is 105 cm³/mol. The summed E-state index contributed by atoms with van der Waals surface area (Å²) in [6.45, 7) is -0.177. The maximum absolute atomic E-state index is 12.2. The summed E-state index contributed by atoms with van der Waals surface area (Å²) in [5.41, 5.74) is 6.84. The van der Waals surface area contributed by atoms with Crippen LogP contribution in [0, 0.1) is 11.8 Å². The molecule has 1 aliphatic carbocycles. The lowest BCUT2D eigenvalue weighted by Gasteiger charge is -2.44. The van der Waals surface area contributed by atoms with E-state index >= 15 is 0 Å². The highest BCUT2D eigenvalue weighted by Crippen LogP contribution is 2.50. The lowest BCUT2D eigenvalue weighted by atomic mass is 9.70. The van der Waals surface area contributed by atoms with Crippen LogP contribution in [-0.4, -0.2) is 42.7 Å². The SMILES string of the molecule is Nc1ncc2ncn(C3CC(COP(=O)(O)Oc4ccccc4Cl)C3CO)c2n1. The number of nitrogen functional groups attached to an aromatic ring is 1. The second-order valence-corrected chi connectivity index (χ2v) is 8.57. The van der Waals surface area contributed by atoms with Gasteiger partial charge in [0, 0.05) is 18.6 Å². The van der Waals surface area contributed by atoms with E-state index in [9.17, 15) is 14.6 Å². The van der Waals surface area contributed by atoms with Gasteiger partial charge in [-0.05, 0) is 24.5 Å². The second kappa shape index (κ2) is 7.89. The fourth-order valence-electron chi connectivity index (χ4n) is 3.50. The van der Waals surface area contributed by atoms with Crippen molar-refractivity contribution in [2.45, 2.75) is 12.5 Å². The van der Waals surface area contributed by atoms with Crippen molar-refractivity contribution in [3.63, 3.8) is 0 Å². The van der Waals surface area contributed by atoms with E-state index in [4.69, 9.17) is 26.4 Å². The van der Waals surface area contributed by atoms with Crippen LogP contribution in [0.4, 0.5) is 5.95 Å². The van der Waals surface area contributed by atoms with Gasteiger partial charge in [-0.25, -0.2) is 14.5 Å². The van der Waals surface area contributed by atoms with Gasteiger partial charge >= 0.3 is 7.82 Å². The fraction of sp³-hybridized carbons (Fsp3) is 0.353. The molecule has 4 atom stereocenters. The number of nitrogens with zero attached hydrogens (tertiary/aromatic N) is 4. The van der Waals surface area contributed by atoms with E-state index in [-0.39, 0.29) is 47.8 Å². The predicted octanol–water partition coefficient (Wildman–Crippen LogP) is 2.43. The number of aromatic nitrogens is 4. The summed E-state index contributed by atoms with van der Waals surface area (Å²) in [5, 5.41) is 10.0. The maximum atomic E-state index is 12.2. The number of aliphatic hydroxyl groups is 1. The van der Waals surface area contributed by atoms with E-state index in [2.05, 4.69) is 15.0 Å². The minimum absolute atomic E-state index is 0.0519. The summed E-state index contributed by atoms with van der Waals surface area (Å²) in [5.74, 6) is -0.148. The third-order valence-electron chi connectivity index (χ3n) is 5.05. The molecule has 4 N–H and O–H groups in total. The molecular weight excluding hydrogens is 421 g/mol. The molecule has 0 radical (unpaired) electrons. The van der Waals surface area contributed by atoms with Crippen molar-refractivity contribution >= 4 is 36.5 Å². The molecule has 1 fully saturated rings. The smallest absolute Gasteiger partial charge is 0.403 e. The molecule has 1 aliphatic rings. The Hall–Kier alpha value is -2.23. The van der Waals surface area contributed by atoms with Crippen molar-refractivity contribution in [2.75, 3.05) is 18.9 Å². The van der Waals surface area contributed by atoms with Gasteiger partial charge in [0.15, 0.2) is 5.65 Å². The standard InChI is InChI=1S/C17H19ClN5O5P/c18-12-3-1-2-4-15(12)28-29(25,26)27-8-10-5-14(11(10)7-24)23-9-21-13-6-20-17(19)22-16(13)23/h1-4,6,9-11,14,24H,5,7-8H2,(H,25,26)(H2,19,20,22). The summed E-state index contributed by atoms with van der Waals surface area (Å²) in [4.78, 5) is 22.4. The van der Waals surface area contributed by atoms with Crippen LogP contribution in [0.15, 0.2) is 36.8 Å². The maximum Gasteiger partial charge on any atom is 0.527 e. The Balaban J connectivity index is 1.41. The molecule has 12 heteroatoms. The van der Waals surface area contributed by atoms with Crippen LogP contribution >= 0.6 is 19.4 Å². The van der Waals surface area contributed by atoms with E-state index in [1.54, 1.807) is 24.5 Å². The molecule has 3 aromatic rings. The van der Waals surface area contributed by atoms with Crippen LogP contribution in [0.5, 0.6) is 5.75 Å². The molecule has 2 aromatic heterocycles. The molecule has 0 spiro atoms. The summed E-state index contributed by atoms with van der Waals surface area (Å²) in [7, 11) is -4.36. The summed E-state index contributed by atoms with van der Waals surface area (Å²) in [6.07, 6.45) is 3.77. The van der Waals surface area contributed by atoms with E-state index in [0.29, 0.717) is 17.6 Å². The van der Waals surface area contributed by atoms with Crippen LogP contribution < -0.4 is 10.3 Å². The number of benzene rings is 1. The van der Waals surface area contributed by atoms with Gasteiger partial charge in [-0.2, -0.15) is 4.98 Å². The monoisotopic (exact) mass is 439 g/mol. The molecule has 10 nitrogen and oxygen atoms in total. The number of imidazole rings is 1. The number of fused-ring (bicyclic) bond motifs is 1. The van der Waals surface area contributed by atoms with Crippen molar-refractivity contribution in [3.05, 3.63) is 41.8 Å². The van der Waals surface area contributed by atoms with Gasteiger partial charge in [0.1, 0.15) is 11.3 Å². The number of halogens is 1. The van der Waals surface area contributed by atoms with E-state index in [0.717, 1.165) is 0 Å². The van der Waals surface area contributed by atoms with Crippen molar-refractivity contribution in [1.29, 1.82) is 0 Å². The Labute approximate surface area is 170 Å². The first-order chi connectivity index (χ1) is 13.9. The molecule has 0 saturated heterocycles. The number of nitrogens with two attached hydrogens (primary N) is 1. The van der Waals surface area contributed by atoms with E-state index < -0.39 is 7.82 Å². The fourth-order valence-corrected chi connectivity index (χ4v) is 4.57. The van der Waals surface area contributed by atoms with Crippen molar-refractivity contribution in [2.24, 2.45) is 11.8 Å². The third kappa shape index (κ3) is 4.08. The van der Waals surface area contributed by atoms with Crippen molar-refractivity contribution in [1.82, 2.24) is 19.5 Å². The second-order valence-electron chi connectivity index (χ2n) is 6.78. The van der Waals surface area contributed by atoms with Crippen LogP contribution in [0.3, 0.4) is 0 Å². The van der Waals surface area contributed by atoms with Crippen molar-refractivity contribution < 1.29 is 23.6 Å². The molecule has 0 amide bonds. The Bertz CT molecular complexity index is 1080. The average molecular weight is 440 g/mol. The van der Waals surface area contributed by atoms with Crippen molar-refractivity contribution in [3.8, 4) is 5.75 Å². The number of para-hydroxylation sites is 1. The van der Waals surface area contributed by atoms with Gasteiger partial charge in [-0.15, -0.1) is 0 Å². The molecule has 4 unspecified atom stereocenters. The van der Waals surface area contributed by atoms with Crippen LogP contribution in [-0.2, 0) is 9.09 Å². The zero-order valence-electron chi connectivity index (χ0n) is 15.1. The molecule has 2 heterocycles. The van der Waals surface area contributed by atoms with E-state index in [1.807, 2.05) is 4.57 Å². The number of anilines is 1. The van der Waals surface area contributed by atoms with Gasteiger partial charge in [0.2, 0.25) is 5.95 Å². The molecular formula is C17H19ClN5O5P. The molecule has 0 aliphatic heterocycles. The first-order valence-electron chi connectivity index (χ1n) is 8.85. The molecule has 1 saturated carbocycles. The molecule has 29 heavy (non-hydrogen) atoms. The zero-order chi connectivity index (χ0) is 20.6. The highest BCUT2D eigenvalue weighted by atomic mass is 35.5. The number of phosphoric ester groups is 1. The number of hydrogen-bond donors (Lipinski definition) is 3. The Morgan fingerprint density at radius 1 is 1.34 bits per heavy atom. The van der Waals surface area contributed by atoms with Gasteiger partial charge in [-0.3, -0.25) is 9.42 Å². The highest BCUT2D eigenvalue weighted by Gasteiger charge is 2.43. The molecule has 0 bridgehead atoms. The Morgan fingerprint density at radius 3 is 2.90 bits per heavy atom. The van der Waals surface area contributed by atoms with Gasteiger partial charge < -0.3 is 19.9 Å². The molecule has 154 valence electrons. The van der Waals surface area contributed by atoms with Crippen LogP contribution in [0.25, 0.3) is 11.2 Å². The van der Waals surface area contributed by atoms with Crippen LogP contribution in [0.1, 0.15) is 12.5 Å². The number of rotatable bonds is 7. The molecule has 4 rings (SSSR count). The lowest BCUT2D eigenvalue weighted by molar-refractivity contribution is -0.00487. The topological polar surface area (TPSA) is 146 Å². The highest BCUT2D eigenvalue weighted by molar-refractivity contribution is 7.47. The number of phosphoric acid groups is 1. The van der Waals surface area contributed by atoms with Crippen LogP contribution in [0.2, 0.25) is 5.02 Å². The lowest BCUT2D eigenvalue weighted by Crippen LogP contribution is -2.42. The van der Waals surface area contributed by atoms with Gasteiger partial charge in [0.05, 0.1) is 24.2 Å². The Kier molecular flexibility index (Phi) is 5.46. The molecule has 1 aromatic carbocycles. The third-order valence-corrected chi connectivity index (χ3v) is 6.26. The minimum atomic E-state index is -4.36. The quantitative estimate of drug-likeness (QED) is 0.472. The number of hydrogen-bond acceptors (Lipinski definition) is 8. The number of aliphatic hydroxyl groups excluding tert-OH is 1. The minimum Gasteiger partial charge on any atom is -0.403 e. The summed E-state index contributed by atoms with van der Waals surface area (Å²) in [6, 6.07) is 6.24. The summed E-state index contributed by atoms with van der Waals surface area (Å²) >= 11 is 5.94. The first-order valence-corrected chi connectivity index (χ1v) is 10.7.